The molecule has 0 aliphatic heterocycles. The van der Waals surface area contributed by atoms with Gasteiger partial charge in [0.15, 0.2) is 0 Å². The number of alkyl carbamates (subject to hydrolysis) is 1. The fraction of sp³-hybridized carbons (Fsp3) is 0.625. The summed E-state index contributed by atoms with van der Waals surface area (Å²) in [6.45, 7) is 0.432. The van der Waals surface area contributed by atoms with Crippen LogP contribution in [0.3, 0.4) is 0 Å². The van der Waals surface area contributed by atoms with Crippen LogP contribution in [0.4, 0.5) is 4.79 Å². The van der Waals surface area contributed by atoms with Crippen molar-refractivity contribution in [2.45, 2.75) is 6.42 Å². The van der Waals surface area contributed by atoms with Gasteiger partial charge in [0.1, 0.15) is 12.9 Å². The zero-order valence-corrected chi connectivity index (χ0v) is 8.32. The van der Waals surface area contributed by atoms with Crippen LogP contribution < -0.4 is 16.4 Å². The van der Waals surface area contributed by atoms with Crippen LogP contribution in [-0.4, -0.2) is 44.5 Å². The first kappa shape index (κ1) is 13.4. The van der Waals surface area contributed by atoms with Crippen LogP contribution in [0.2, 0.25) is 0 Å². The summed E-state index contributed by atoms with van der Waals surface area (Å²) in [6, 6.07) is 0. The third-order valence-electron chi connectivity index (χ3n) is 1.33. The van der Waals surface area contributed by atoms with Crippen LogP contribution in [0.5, 0.6) is 0 Å². The quantitative estimate of drug-likeness (QED) is 0.350. The van der Waals surface area contributed by atoms with E-state index in [1.807, 2.05) is 0 Å². The Balaban J connectivity index is 3.44. The van der Waals surface area contributed by atoms with Gasteiger partial charge in [-0.15, -0.1) is 0 Å². The van der Waals surface area contributed by atoms with E-state index in [9.17, 15) is 14.4 Å². The topological polar surface area (TPSA) is 111 Å². The van der Waals surface area contributed by atoms with Gasteiger partial charge >= 0.3 is 6.09 Å². The molecular weight excluding hydrogens is 202 g/mol. The molecule has 15 heavy (non-hydrogen) atoms. The minimum absolute atomic E-state index is 0.110. The van der Waals surface area contributed by atoms with Crippen LogP contribution in [0, 0.1) is 0 Å². The summed E-state index contributed by atoms with van der Waals surface area (Å²) in [5.41, 5.74) is 5.10. The molecule has 4 N–H and O–H groups in total. The van der Waals surface area contributed by atoms with E-state index in [1.165, 1.54) is 0 Å². The Morgan fingerprint density at radius 3 is 2.67 bits per heavy atom. The van der Waals surface area contributed by atoms with Crippen molar-refractivity contribution < 1.29 is 19.1 Å². The van der Waals surface area contributed by atoms with Gasteiger partial charge in [0.05, 0.1) is 6.54 Å². The summed E-state index contributed by atoms with van der Waals surface area (Å²) < 4.78 is 4.56. The number of nitrogens with two attached hydrogens (primary N) is 1. The van der Waals surface area contributed by atoms with Gasteiger partial charge in [-0.2, -0.15) is 0 Å². The lowest BCUT2D eigenvalue weighted by molar-refractivity contribution is -0.120. The third kappa shape index (κ3) is 8.69. The molecule has 0 radical (unpaired) electrons. The van der Waals surface area contributed by atoms with E-state index >= 15 is 0 Å². The number of nitrogens with one attached hydrogen (secondary N) is 2. The standard InChI is InChI=1S/C8H15N3O4/c9-2-5-15-8(14)11-6-7(13)10-3-1-4-12/h4H,1-3,5-6,9H2,(H,10,13)(H,11,14). The molecular formula is C8H15N3O4. The van der Waals surface area contributed by atoms with Crippen molar-refractivity contribution in [3.8, 4) is 0 Å². The molecule has 0 unspecified atom stereocenters. The number of hydrogen-bond donors (Lipinski definition) is 3. The summed E-state index contributed by atoms with van der Waals surface area (Å²) in [5, 5.41) is 4.66. The molecule has 7 nitrogen and oxygen atoms in total. The molecule has 0 heterocycles. The van der Waals surface area contributed by atoms with Crippen molar-refractivity contribution in [2.75, 3.05) is 26.2 Å². The van der Waals surface area contributed by atoms with Crippen molar-refractivity contribution in [1.82, 2.24) is 10.6 Å². The van der Waals surface area contributed by atoms with Gasteiger partial charge in [-0.05, 0) is 0 Å². The second-order valence-corrected chi connectivity index (χ2v) is 2.58. The van der Waals surface area contributed by atoms with Crippen LogP contribution >= 0.6 is 0 Å². The molecule has 0 bridgehead atoms. The highest BCUT2D eigenvalue weighted by Gasteiger charge is 2.04. The van der Waals surface area contributed by atoms with Crippen molar-refractivity contribution in [2.24, 2.45) is 5.73 Å². The summed E-state index contributed by atoms with van der Waals surface area (Å²) >= 11 is 0. The van der Waals surface area contributed by atoms with Gasteiger partial charge in [-0.1, -0.05) is 0 Å². The van der Waals surface area contributed by atoms with Gasteiger partial charge in [0, 0.05) is 19.5 Å². The number of hydrogen-bond acceptors (Lipinski definition) is 5. The Morgan fingerprint density at radius 1 is 1.33 bits per heavy atom. The molecule has 0 atom stereocenters. The SMILES string of the molecule is NCCOC(=O)NCC(=O)NCCC=O. The number of carbonyl (C=O) groups excluding carboxylic acids is 3. The van der Waals surface area contributed by atoms with Crippen molar-refractivity contribution in [3.63, 3.8) is 0 Å². The predicted octanol–water partition coefficient (Wildman–Crippen LogP) is -1.62. The van der Waals surface area contributed by atoms with E-state index in [2.05, 4.69) is 15.4 Å². The molecule has 86 valence electrons. The fourth-order valence-corrected chi connectivity index (χ4v) is 0.688. The van der Waals surface area contributed by atoms with E-state index in [0.717, 1.165) is 0 Å². The van der Waals surface area contributed by atoms with Gasteiger partial charge in [-0.3, -0.25) is 4.79 Å². The van der Waals surface area contributed by atoms with Crippen molar-refractivity contribution >= 4 is 18.3 Å². The molecule has 0 aliphatic rings. The highest BCUT2D eigenvalue weighted by atomic mass is 16.5. The largest absolute Gasteiger partial charge is 0.448 e. The summed E-state index contributed by atoms with van der Waals surface area (Å²) in [4.78, 5) is 31.7. The minimum atomic E-state index is -0.689. The lowest BCUT2D eigenvalue weighted by atomic mass is 10.4. The number of aldehydes is 1. The predicted molar refractivity (Wildman–Crippen MR) is 52.1 cm³/mol. The van der Waals surface area contributed by atoms with E-state index in [0.29, 0.717) is 6.29 Å². The Labute approximate surface area is 87.3 Å². The molecule has 0 aromatic heterocycles. The molecule has 0 saturated carbocycles. The zero-order valence-electron chi connectivity index (χ0n) is 8.32. The second kappa shape index (κ2) is 8.95. The Morgan fingerprint density at radius 2 is 2.07 bits per heavy atom. The Kier molecular flexibility index (Phi) is 7.97. The maximum Gasteiger partial charge on any atom is 0.407 e. The molecule has 7 heteroatoms. The van der Waals surface area contributed by atoms with Crippen LogP contribution in [0.1, 0.15) is 6.42 Å². The molecule has 0 saturated heterocycles. The molecule has 0 aliphatic carbocycles. The molecule has 0 aromatic carbocycles. The molecule has 2 amide bonds. The lowest BCUT2D eigenvalue weighted by Crippen LogP contribution is -2.38. The van der Waals surface area contributed by atoms with E-state index < -0.39 is 6.09 Å². The summed E-state index contributed by atoms with van der Waals surface area (Å²) in [5.74, 6) is -0.374. The first-order valence-corrected chi connectivity index (χ1v) is 4.51. The first-order chi connectivity index (χ1) is 7.20. The molecule has 0 aromatic rings. The monoisotopic (exact) mass is 217 g/mol. The maximum atomic E-state index is 11.0. The summed E-state index contributed by atoms with van der Waals surface area (Å²) in [6.07, 6.45) is 0.262. The first-order valence-electron chi connectivity index (χ1n) is 4.51. The van der Waals surface area contributed by atoms with Crippen LogP contribution in [0.25, 0.3) is 0 Å². The van der Waals surface area contributed by atoms with E-state index in [-0.39, 0.29) is 38.6 Å². The van der Waals surface area contributed by atoms with Gasteiger partial charge in [0.2, 0.25) is 5.91 Å². The van der Waals surface area contributed by atoms with Crippen molar-refractivity contribution in [3.05, 3.63) is 0 Å². The minimum Gasteiger partial charge on any atom is -0.448 e. The number of amides is 2. The fourth-order valence-electron chi connectivity index (χ4n) is 0.688. The normalized spacial score (nSPS) is 9.13. The third-order valence-corrected chi connectivity index (χ3v) is 1.33. The van der Waals surface area contributed by atoms with E-state index in [1.54, 1.807) is 0 Å². The maximum absolute atomic E-state index is 11.0. The second-order valence-electron chi connectivity index (χ2n) is 2.58. The number of rotatable bonds is 7. The average Bonchev–Trinajstić information content (AvgIpc) is 2.24. The summed E-state index contributed by atoms with van der Waals surface area (Å²) in [7, 11) is 0. The van der Waals surface area contributed by atoms with Crippen molar-refractivity contribution in [1.29, 1.82) is 0 Å². The Hall–Kier alpha value is -1.63. The molecule has 0 spiro atoms. The number of carbonyl (C=O) groups is 3. The van der Waals surface area contributed by atoms with Gasteiger partial charge < -0.3 is 25.9 Å². The highest BCUT2D eigenvalue weighted by molar-refractivity contribution is 5.82. The van der Waals surface area contributed by atoms with E-state index in [4.69, 9.17) is 5.73 Å². The van der Waals surface area contributed by atoms with Gasteiger partial charge in [-0.25, -0.2) is 4.79 Å². The zero-order chi connectivity index (χ0) is 11.5. The highest BCUT2D eigenvalue weighted by Crippen LogP contribution is 1.76. The van der Waals surface area contributed by atoms with Crippen LogP contribution in [0.15, 0.2) is 0 Å². The number of ether oxygens (including phenoxy) is 1. The average molecular weight is 217 g/mol. The molecule has 0 fully saturated rings. The van der Waals surface area contributed by atoms with Gasteiger partial charge in [0.25, 0.3) is 0 Å². The van der Waals surface area contributed by atoms with Crippen LogP contribution in [-0.2, 0) is 14.3 Å². The Bertz CT molecular complexity index is 220. The lowest BCUT2D eigenvalue weighted by Gasteiger charge is -2.05. The molecule has 0 rings (SSSR count). The smallest absolute Gasteiger partial charge is 0.407 e.